The predicted molar refractivity (Wildman–Crippen MR) is 82.2 cm³/mol. The number of rotatable bonds is 4. The number of piperazine rings is 1. The van der Waals surface area contributed by atoms with Gasteiger partial charge in [-0.2, -0.15) is 0 Å². The molecule has 1 fully saturated rings. The summed E-state index contributed by atoms with van der Waals surface area (Å²) in [6.07, 6.45) is -0.175. The van der Waals surface area contributed by atoms with Crippen LogP contribution in [0.1, 0.15) is 6.92 Å². The highest BCUT2D eigenvalue weighted by molar-refractivity contribution is 9.10. The maximum Gasteiger partial charge on any atom is 0.318 e. The van der Waals surface area contributed by atoms with Crippen molar-refractivity contribution in [3.05, 3.63) is 28.7 Å². The second kappa shape index (κ2) is 7.31. The molecule has 1 aliphatic rings. The number of carbonyl (C=O) groups is 2. The molecular formula is C14H18BrN3O3. The van der Waals surface area contributed by atoms with E-state index < -0.39 is 0 Å². The fraction of sp³-hybridized carbons (Fsp3) is 0.429. The number of ether oxygens (including phenoxy) is 1. The number of urea groups is 1. The first kappa shape index (κ1) is 15.6. The quantitative estimate of drug-likeness (QED) is 0.856. The van der Waals surface area contributed by atoms with E-state index in [1.54, 1.807) is 0 Å². The molecule has 21 heavy (non-hydrogen) atoms. The summed E-state index contributed by atoms with van der Waals surface area (Å²) in [5.74, 6) is 0.602. The zero-order valence-corrected chi connectivity index (χ0v) is 13.4. The van der Waals surface area contributed by atoms with Gasteiger partial charge in [0.2, 0.25) is 5.91 Å². The average Bonchev–Trinajstić information content (AvgIpc) is 2.47. The van der Waals surface area contributed by atoms with Gasteiger partial charge < -0.3 is 20.3 Å². The largest absolute Gasteiger partial charge is 0.488 e. The number of amides is 3. The number of nitrogens with one attached hydrogen (secondary N) is 2. The fourth-order valence-electron chi connectivity index (χ4n) is 1.95. The highest BCUT2D eigenvalue weighted by atomic mass is 79.9. The molecule has 1 aromatic rings. The molecular weight excluding hydrogens is 338 g/mol. The van der Waals surface area contributed by atoms with E-state index in [1.807, 2.05) is 31.2 Å². The van der Waals surface area contributed by atoms with Crippen LogP contribution in [0.4, 0.5) is 4.79 Å². The van der Waals surface area contributed by atoms with Crippen LogP contribution in [0.15, 0.2) is 28.7 Å². The van der Waals surface area contributed by atoms with E-state index in [0.717, 1.165) is 10.2 Å². The molecule has 3 amide bonds. The molecule has 2 rings (SSSR count). The van der Waals surface area contributed by atoms with E-state index in [0.29, 0.717) is 19.6 Å². The minimum atomic E-state index is -0.243. The van der Waals surface area contributed by atoms with Crippen molar-refractivity contribution in [2.45, 2.75) is 13.0 Å². The van der Waals surface area contributed by atoms with Gasteiger partial charge in [0.15, 0.2) is 0 Å². The third-order valence-corrected chi connectivity index (χ3v) is 3.69. The normalized spacial score (nSPS) is 16.1. The van der Waals surface area contributed by atoms with Gasteiger partial charge in [-0.15, -0.1) is 0 Å². The lowest BCUT2D eigenvalue weighted by Crippen LogP contribution is -2.53. The number of carbonyl (C=O) groups excluding carboxylic acids is 2. The third-order valence-electron chi connectivity index (χ3n) is 3.03. The molecule has 0 bridgehead atoms. The van der Waals surface area contributed by atoms with Crippen LogP contribution in [0.3, 0.4) is 0 Å². The van der Waals surface area contributed by atoms with E-state index in [1.165, 1.54) is 4.90 Å². The Labute approximate surface area is 132 Å². The van der Waals surface area contributed by atoms with Crippen molar-refractivity contribution in [2.24, 2.45) is 0 Å². The minimum absolute atomic E-state index is 0.102. The second-order valence-electron chi connectivity index (χ2n) is 4.82. The van der Waals surface area contributed by atoms with Crippen molar-refractivity contribution in [2.75, 3.05) is 26.2 Å². The summed E-state index contributed by atoms with van der Waals surface area (Å²) in [5.41, 5.74) is 0. The number of hydrogen-bond acceptors (Lipinski definition) is 3. The van der Waals surface area contributed by atoms with Crippen LogP contribution in [0.25, 0.3) is 0 Å². The van der Waals surface area contributed by atoms with Crippen molar-refractivity contribution in [3.8, 4) is 5.75 Å². The number of nitrogens with zero attached hydrogens (tertiary/aromatic N) is 1. The van der Waals surface area contributed by atoms with Gasteiger partial charge in [-0.25, -0.2) is 4.79 Å². The lowest BCUT2D eigenvalue weighted by atomic mass is 10.3. The summed E-state index contributed by atoms with van der Waals surface area (Å²) in [6, 6.07) is 7.31. The molecule has 2 N–H and O–H groups in total. The molecule has 1 atom stereocenters. The summed E-state index contributed by atoms with van der Waals surface area (Å²) < 4.78 is 6.62. The molecule has 114 valence electrons. The first-order chi connectivity index (χ1) is 10.1. The van der Waals surface area contributed by atoms with Crippen molar-refractivity contribution in [1.29, 1.82) is 0 Å². The van der Waals surface area contributed by atoms with Gasteiger partial charge in [-0.3, -0.25) is 4.79 Å². The molecule has 1 aliphatic heterocycles. The fourth-order valence-corrected chi connectivity index (χ4v) is 2.33. The molecule has 0 spiro atoms. The van der Waals surface area contributed by atoms with E-state index in [4.69, 9.17) is 4.74 Å². The van der Waals surface area contributed by atoms with E-state index >= 15 is 0 Å². The average molecular weight is 356 g/mol. The Morgan fingerprint density at radius 3 is 3.00 bits per heavy atom. The Morgan fingerprint density at radius 1 is 1.52 bits per heavy atom. The molecule has 1 unspecified atom stereocenters. The molecule has 1 saturated heterocycles. The van der Waals surface area contributed by atoms with Crippen molar-refractivity contribution in [3.63, 3.8) is 0 Å². The number of benzene rings is 1. The van der Waals surface area contributed by atoms with Gasteiger partial charge in [0.05, 0.1) is 11.0 Å². The molecule has 0 radical (unpaired) electrons. The monoisotopic (exact) mass is 355 g/mol. The Balaban J connectivity index is 1.78. The van der Waals surface area contributed by atoms with Gasteiger partial charge in [0.25, 0.3) is 0 Å². The highest BCUT2D eigenvalue weighted by Crippen LogP contribution is 2.24. The van der Waals surface area contributed by atoms with Crippen LogP contribution in [-0.4, -0.2) is 49.1 Å². The lowest BCUT2D eigenvalue weighted by Gasteiger charge is -2.27. The van der Waals surface area contributed by atoms with Crippen molar-refractivity contribution < 1.29 is 14.3 Å². The molecule has 1 heterocycles. The zero-order valence-electron chi connectivity index (χ0n) is 11.8. The predicted octanol–water partition coefficient (Wildman–Crippen LogP) is 1.36. The standard InChI is InChI=1S/C14H18BrN3O3/c1-10(21-12-5-3-2-4-11(12)15)8-17-14(20)18-7-6-16-13(19)9-18/h2-5,10H,6-9H2,1H3,(H,16,19)(H,17,20). The van der Waals surface area contributed by atoms with E-state index in [9.17, 15) is 9.59 Å². The topological polar surface area (TPSA) is 70.7 Å². The van der Waals surface area contributed by atoms with Gasteiger partial charge >= 0.3 is 6.03 Å². The van der Waals surface area contributed by atoms with Crippen LogP contribution < -0.4 is 15.4 Å². The molecule has 0 aliphatic carbocycles. The minimum Gasteiger partial charge on any atom is -0.488 e. The van der Waals surface area contributed by atoms with Crippen LogP contribution in [0, 0.1) is 0 Å². The molecule has 0 saturated carbocycles. The summed E-state index contributed by atoms with van der Waals surface area (Å²) >= 11 is 3.41. The van der Waals surface area contributed by atoms with Gasteiger partial charge in [-0.05, 0) is 35.0 Å². The first-order valence-corrected chi connectivity index (χ1v) is 7.56. The number of hydrogen-bond donors (Lipinski definition) is 2. The van der Waals surface area contributed by atoms with E-state index in [2.05, 4.69) is 26.6 Å². The Hall–Kier alpha value is -1.76. The van der Waals surface area contributed by atoms with Crippen molar-refractivity contribution >= 4 is 27.9 Å². The smallest absolute Gasteiger partial charge is 0.318 e. The highest BCUT2D eigenvalue weighted by Gasteiger charge is 2.21. The maximum atomic E-state index is 11.9. The summed E-state index contributed by atoms with van der Waals surface area (Å²) in [5, 5.41) is 5.46. The number of para-hydroxylation sites is 1. The third kappa shape index (κ3) is 4.63. The van der Waals surface area contributed by atoms with Crippen LogP contribution in [0.5, 0.6) is 5.75 Å². The van der Waals surface area contributed by atoms with Gasteiger partial charge in [0, 0.05) is 13.1 Å². The van der Waals surface area contributed by atoms with Crippen LogP contribution in [0.2, 0.25) is 0 Å². The Morgan fingerprint density at radius 2 is 2.29 bits per heavy atom. The summed E-state index contributed by atoms with van der Waals surface area (Å²) in [4.78, 5) is 24.7. The first-order valence-electron chi connectivity index (χ1n) is 6.77. The molecule has 6 nitrogen and oxygen atoms in total. The van der Waals surface area contributed by atoms with Crippen LogP contribution >= 0.6 is 15.9 Å². The Kier molecular flexibility index (Phi) is 5.44. The number of halogens is 1. The van der Waals surface area contributed by atoms with Crippen LogP contribution in [-0.2, 0) is 4.79 Å². The van der Waals surface area contributed by atoms with Gasteiger partial charge in [0.1, 0.15) is 18.4 Å². The Bertz CT molecular complexity index is 524. The maximum absolute atomic E-state index is 11.9. The summed E-state index contributed by atoms with van der Waals surface area (Å²) in [7, 11) is 0. The zero-order chi connectivity index (χ0) is 15.2. The SMILES string of the molecule is CC(CNC(=O)N1CCNC(=O)C1)Oc1ccccc1Br. The van der Waals surface area contributed by atoms with E-state index in [-0.39, 0.29) is 24.6 Å². The van der Waals surface area contributed by atoms with Gasteiger partial charge in [-0.1, -0.05) is 12.1 Å². The molecule has 1 aromatic carbocycles. The summed E-state index contributed by atoms with van der Waals surface area (Å²) in [6.45, 7) is 3.37. The molecule has 7 heteroatoms. The second-order valence-corrected chi connectivity index (χ2v) is 5.67. The molecule has 0 aromatic heterocycles. The van der Waals surface area contributed by atoms with Crippen molar-refractivity contribution in [1.82, 2.24) is 15.5 Å². The lowest BCUT2D eigenvalue weighted by molar-refractivity contribution is -0.123.